The Morgan fingerprint density at radius 2 is 1.65 bits per heavy atom. The van der Waals surface area contributed by atoms with Gasteiger partial charge in [0.25, 0.3) is 0 Å². The molecule has 0 unspecified atom stereocenters. The largest absolute Gasteiger partial charge is 0.487 e. The number of hydrogen-bond acceptors (Lipinski definition) is 3. The standard InChI is InChI=1S/C26H36NO3.Y/c1-3-19-30-26(28)24-15-11-12-22(2)25(24)29-20-18-27(16-9-4-5-10-17-27)21-23-13-7-6-8-14-23;/h6-8,11-15H,3-5,9-10,16-21H2,1-2H3;/q+1;. The van der Waals surface area contributed by atoms with Crippen LogP contribution in [0.25, 0.3) is 0 Å². The van der Waals surface area contributed by atoms with E-state index < -0.39 is 0 Å². The van der Waals surface area contributed by atoms with E-state index in [0.717, 1.165) is 29.6 Å². The number of esters is 1. The summed E-state index contributed by atoms with van der Waals surface area (Å²) in [4.78, 5) is 12.5. The number of benzene rings is 2. The summed E-state index contributed by atoms with van der Waals surface area (Å²) in [5.41, 5.74) is 2.90. The smallest absolute Gasteiger partial charge is 0.341 e. The van der Waals surface area contributed by atoms with Crippen LogP contribution in [0.2, 0.25) is 0 Å². The molecule has 0 N–H and O–H groups in total. The first-order valence-electron chi connectivity index (χ1n) is 11.4. The fraction of sp³-hybridized carbons (Fsp3) is 0.500. The molecule has 0 amide bonds. The first kappa shape index (κ1) is 26.0. The minimum Gasteiger partial charge on any atom is -0.487 e. The summed E-state index contributed by atoms with van der Waals surface area (Å²) < 4.78 is 12.7. The number of nitrogens with zero attached hydrogens (tertiary/aromatic N) is 1. The number of carbonyl (C=O) groups excluding carboxylic acids is 1. The molecular formula is C26H36NO3Y+. The van der Waals surface area contributed by atoms with Crippen molar-refractivity contribution in [2.45, 2.75) is 52.5 Å². The van der Waals surface area contributed by atoms with Crippen molar-refractivity contribution < 1.29 is 51.5 Å². The molecule has 0 aromatic heterocycles. The van der Waals surface area contributed by atoms with Crippen molar-refractivity contribution in [3.8, 4) is 5.75 Å². The molecular weight excluding hydrogens is 463 g/mol. The number of ether oxygens (including phenoxy) is 2. The van der Waals surface area contributed by atoms with E-state index in [0.29, 0.717) is 24.5 Å². The van der Waals surface area contributed by atoms with Gasteiger partial charge in [-0.25, -0.2) is 4.79 Å². The fourth-order valence-corrected chi connectivity index (χ4v) is 4.41. The average molecular weight is 499 g/mol. The summed E-state index contributed by atoms with van der Waals surface area (Å²) in [6.45, 7) is 9.41. The van der Waals surface area contributed by atoms with Crippen LogP contribution in [0.5, 0.6) is 5.75 Å². The molecule has 1 radical (unpaired) electrons. The number of aryl methyl sites for hydroxylation is 1. The predicted octanol–water partition coefficient (Wildman–Crippen LogP) is 5.53. The second-order valence-corrected chi connectivity index (χ2v) is 8.51. The molecule has 4 nitrogen and oxygen atoms in total. The molecule has 3 rings (SSSR count). The zero-order valence-electron chi connectivity index (χ0n) is 19.1. The van der Waals surface area contributed by atoms with Gasteiger partial charge in [-0.05, 0) is 50.7 Å². The number of hydrogen-bond donors (Lipinski definition) is 0. The SMILES string of the molecule is CCCOC(=O)c1cccc(C)c1OCC[N+]1(Cc2ccccc2)CCCCCC1.[Y]. The van der Waals surface area contributed by atoms with Crippen molar-refractivity contribution in [2.24, 2.45) is 0 Å². The van der Waals surface area contributed by atoms with E-state index in [-0.39, 0.29) is 38.7 Å². The maximum Gasteiger partial charge on any atom is 0.341 e. The van der Waals surface area contributed by atoms with Gasteiger partial charge in [0.15, 0.2) is 0 Å². The molecule has 31 heavy (non-hydrogen) atoms. The molecule has 0 saturated carbocycles. The van der Waals surface area contributed by atoms with Crippen LogP contribution in [0.4, 0.5) is 0 Å². The molecule has 1 aliphatic rings. The molecule has 1 aliphatic heterocycles. The normalized spacial score (nSPS) is 15.4. The van der Waals surface area contributed by atoms with Crippen LogP contribution < -0.4 is 4.74 Å². The van der Waals surface area contributed by atoms with Crippen LogP contribution in [-0.2, 0) is 44.0 Å². The molecule has 165 valence electrons. The Hall–Kier alpha value is -1.23. The number of para-hydroxylation sites is 1. The van der Waals surface area contributed by atoms with E-state index >= 15 is 0 Å². The zero-order chi connectivity index (χ0) is 21.2. The molecule has 2 aromatic carbocycles. The summed E-state index contributed by atoms with van der Waals surface area (Å²) in [5.74, 6) is 0.379. The van der Waals surface area contributed by atoms with Crippen molar-refractivity contribution in [1.82, 2.24) is 0 Å². The molecule has 1 saturated heterocycles. The zero-order valence-corrected chi connectivity index (χ0v) is 22.0. The van der Waals surface area contributed by atoms with Crippen LogP contribution in [0.3, 0.4) is 0 Å². The van der Waals surface area contributed by atoms with Gasteiger partial charge >= 0.3 is 5.97 Å². The molecule has 0 aliphatic carbocycles. The Labute approximate surface area is 212 Å². The maximum atomic E-state index is 12.5. The van der Waals surface area contributed by atoms with Gasteiger partial charge in [0.1, 0.15) is 31.0 Å². The minimum atomic E-state index is -0.293. The molecule has 1 heterocycles. The van der Waals surface area contributed by atoms with Crippen molar-refractivity contribution >= 4 is 5.97 Å². The van der Waals surface area contributed by atoms with Crippen LogP contribution in [0.1, 0.15) is 60.5 Å². The first-order valence-corrected chi connectivity index (χ1v) is 11.4. The van der Waals surface area contributed by atoms with Crippen molar-refractivity contribution in [3.63, 3.8) is 0 Å². The van der Waals surface area contributed by atoms with Gasteiger partial charge in [0.2, 0.25) is 0 Å². The van der Waals surface area contributed by atoms with Crippen LogP contribution in [-0.4, -0.2) is 43.3 Å². The first-order chi connectivity index (χ1) is 14.6. The Morgan fingerprint density at radius 3 is 2.32 bits per heavy atom. The van der Waals surface area contributed by atoms with Gasteiger partial charge in [0, 0.05) is 38.3 Å². The molecule has 0 atom stereocenters. The maximum absolute atomic E-state index is 12.5. The Balaban J connectivity index is 0.00000341. The van der Waals surface area contributed by atoms with Crippen molar-refractivity contribution in [1.29, 1.82) is 0 Å². The minimum absolute atomic E-state index is 0. The summed E-state index contributed by atoms with van der Waals surface area (Å²) in [5, 5.41) is 0. The second-order valence-electron chi connectivity index (χ2n) is 8.51. The Morgan fingerprint density at radius 1 is 0.935 bits per heavy atom. The number of carbonyl (C=O) groups is 1. The van der Waals surface area contributed by atoms with E-state index in [1.807, 2.05) is 26.0 Å². The number of likely N-dealkylation sites (tertiary alicyclic amines) is 1. The molecule has 1 fully saturated rings. The summed E-state index contributed by atoms with van der Waals surface area (Å²) in [6, 6.07) is 16.5. The topological polar surface area (TPSA) is 35.5 Å². The van der Waals surface area contributed by atoms with Gasteiger partial charge in [-0.15, -0.1) is 0 Å². The fourth-order valence-electron chi connectivity index (χ4n) is 4.41. The third-order valence-corrected chi connectivity index (χ3v) is 6.06. The van der Waals surface area contributed by atoms with E-state index in [1.165, 1.54) is 44.3 Å². The Kier molecular flexibility index (Phi) is 11.2. The van der Waals surface area contributed by atoms with Crippen molar-refractivity contribution in [2.75, 3.05) is 32.8 Å². The van der Waals surface area contributed by atoms with Crippen LogP contribution in [0, 0.1) is 6.92 Å². The monoisotopic (exact) mass is 499 g/mol. The second kappa shape index (κ2) is 13.4. The summed E-state index contributed by atoms with van der Waals surface area (Å²) >= 11 is 0. The van der Waals surface area contributed by atoms with Gasteiger partial charge in [-0.3, -0.25) is 0 Å². The third-order valence-electron chi connectivity index (χ3n) is 6.06. The van der Waals surface area contributed by atoms with Gasteiger partial charge in [-0.2, -0.15) is 0 Å². The quantitative estimate of drug-likeness (QED) is 0.336. The van der Waals surface area contributed by atoms with E-state index in [1.54, 1.807) is 6.07 Å². The third kappa shape index (κ3) is 7.69. The van der Waals surface area contributed by atoms with Gasteiger partial charge in [0.05, 0.1) is 19.7 Å². The van der Waals surface area contributed by atoms with Crippen LogP contribution >= 0.6 is 0 Å². The summed E-state index contributed by atoms with van der Waals surface area (Å²) in [7, 11) is 0. The molecule has 2 aromatic rings. The number of rotatable bonds is 9. The Bertz CT molecular complexity index is 802. The molecule has 0 bridgehead atoms. The van der Waals surface area contributed by atoms with Crippen LogP contribution in [0.15, 0.2) is 48.5 Å². The summed E-state index contributed by atoms with van der Waals surface area (Å²) in [6.07, 6.45) is 5.99. The van der Waals surface area contributed by atoms with E-state index in [9.17, 15) is 4.79 Å². The molecule has 0 spiro atoms. The van der Waals surface area contributed by atoms with Gasteiger partial charge < -0.3 is 14.0 Å². The average Bonchev–Trinajstić information content (AvgIpc) is 2.99. The molecule has 5 heteroatoms. The van der Waals surface area contributed by atoms with Crippen molar-refractivity contribution in [3.05, 3.63) is 65.2 Å². The van der Waals surface area contributed by atoms with E-state index in [4.69, 9.17) is 9.47 Å². The predicted molar refractivity (Wildman–Crippen MR) is 121 cm³/mol. The van der Waals surface area contributed by atoms with Gasteiger partial charge in [-0.1, -0.05) is 49.4 Å². The van der Waals surface area contributed by atoms with E-state index in [2.05, 4.69) is 30.3 Å². The number of quaternary nitrogens is 1.